The maximum atomic E-state index is 11.8. The van der Waals surface area contributed by atoms with Gasteiger partial charge in [0.2, 0.25) is 0 Å². The van der Waals surface area contributed by atoms with Crippen LogP contribution >= 0.6 is 11.3 Å². The lowest BCUT2D eigenvalue weighted by molar-refractivity contribution is -0.380. The van der Waals surface area contributed by atoms with Crippen LogP contribution in [0.25, 0.3) is 0 Å². The Morgan fingerprint density at radius 2 is 2.05 bits per heavy atom. The van der Waals surface area contributed by atoms with Crippen molar-refractivity contribution >= 4 is 27.3 Å². The molecule has 0 bridgehead atoms. The Balaban J connectivity index is 2.32. The second-order valence-corrected chi connectivity index (χ2v) is 5.40. The van der Waals surface area contributed by atoms with Gasteiger partial charge in [-0.3, -0.25) is 10.1 Å². The summed E-state index contributed by atoms with van der Waals surface area (Å²) in [7, 11) is 3.04. The zero-order valence-electron chi connectivity index (χ0n) is 11.6. The number of hydrogen-bond acceptors (Lipinski definition) is 6. The van der Waals surface area contributed by atoms with Gasteiger partial charge in [0.25, 0.3) is 0 Å². The molecule has 2 rings (SSSR count). The molecule has 110 valence electrons. The van der Waals surface area contributed by atoms with E-state index < -0.39 is 10.9 Å². The third kappa shape index (κ3) is 3.38. The molecule has 0 amide bonds. The summed E-state index contributed by atoms with van der Waals surface area (Å²) >= 11 is 0.965. The summed E-state index contributed by atoms with van der Waals surface area (Å²) in [6.07, 6.45) is 0. The predicted octanol–water partition coefficient (Wildman–Crippen LogP) is 3.08. The molecule has 0 aliphatic rings. The van der Waals surface area contributed by atoms with Crippen LogP contribution in [0.5, 0.6) is 0 Å². The van der Waals surface area contributed by atoms with Crippen molar-refractivity contribution in [2.24, 2.45) is 0 Å². The Hall–Kier alpha value is -2.41. The summed E-state index contributed by atoms with van der Waals surface area (Å²) < 4.78 is 4.69. The Bertz CT molecular complexity index is 654. The van der Waals surface area contributed by atoms with Crippen LogP contribution in [0, 0.1) is 10.1 Å². The molecular formula is C14H14N2O4S. The number of benzene rings is 1. The summed E-state index contributed by atoms with van der Waals surface area (Å²) in [4.78, 5) is 24.0. The SMILES string of the molecule is COC(=O)c1cc([N+](=O)[O-])sc1N(C)Cc1ccccc1. The lowest BCUT2D eigenvalue weighted by Gasteiger charge is -2.18. The molecule has 2 aromatic rings. The molecule has 0 atom stereocenters. The van der Waals surface area contributed by atoms with Gasteiger partial charge < -0.3 is 9.64 Å². The van der Waals surface area contributed by atoms with Gasteiger partial charge in [-0.05, 0) is 16.9 Å². The number of carbonyl (C=O) groups is 1. The van der Waals surface area contributed by atoms with Crippen molar-refractivity contribution in [1.29, 1.82) is 0 Å². The Labute approximate surface area is 125 Å². The van der Waals surface area contributed by atoms with Gasteiger partial charge in [-0.25, -0.2) is 4.79 Å². The lowest BCUT2D eigenvalue weighted by Crippen LogP contribution is -2.17. The van der Waals surface area contributed by atoms with E-state index in [-0.39, 0.29) is 10.6 Å². The maximum absolute atomic E-state index is 11.8. The topological polar surface area (TPSA) is 72.7 Å². The Kier molecular flexibility index (Phi) is 4.54. The fourth-order valence-electron chi connectivity index (χ4n) is 1.93. The predicted molar refractivity (Wildman–Crippen MR) is 80.9 cm³/mol. The third-order valence-corrected chi connectivity index (χ3v) is 4.09. The number of nitro groups is 1. The van der Waals surface area contributed by atoms with Gasteiger partial charge in [-0.2, -0.15) is 0 Å². The van der Waals surface area contributed by atoms with Crippen LogP contribution in [-0.4, -0.2) is 25.1 Å². The average molecular weight is 306 g/mol. The minimum absolute atomic E-state index is 0.0784. The number of thiophene rings is 1. The van der Waals surface area contributed by atoms with Crippen molar-refractivity contribution in [3.05, 3.63) is 57.6 Å². The van der Waals surface area contributed by atoms with Crippen molar-refractivity contribution in [2.75, 3.05) is 19.1 Å². The fraction of sp³-hybridized carbons (Fsp3) is 0.214. The molecule has 7 heteroatoms. The minimum atomic E-state index is -0.575. The van der Waals surface area contributed by atoms with Crippen LogP contribution in [0.1, 0.15) is 15.9 Å². The van der Waals surface area contributed by atoms with Gasteiger partial charge in [-0.15, -0.1) is 0 Å². The van der Waals surface area contributed by atoms with Crippen molar-refractivity contribution in [2.45, 2.75) is 6.54 Å². The van der Waals surface area contributed by atoms with Crippen molar-refractivity contribution in [1.82, 2.24) is 0 Å². The summed E-state index contributed by atoms with van der Waals surface area (Å²) in [6.45, 7) is 0.544. The van der Waals surface area contributed by atoms with E-state index >= 15 is 0 Å². The number of rotatable bonds is 5. The number of carbonyl (C=O) groups excluding carboxylic acids is 1. The molecule has 0 radical (unpaired) electrons. The van der Waals surface area contributed by atoms with E-state index in [1.54, 1.807) is 11.9 Å². The van der Waals surface area contributed by atoms with Crippen molar-refractivity contribution in [3.8, 4) is 0 Å². The van der Waals surface area contributed by atoms with Crippen molar-refractivity contribution in [3.63, 3.8) is 0 Å². The first-order chi connectivity index (χ1) is 10.0. The van der Waals surface area contributed by atoms with Crippen LogP contribution < -0.4 is 4.90 Å². The van der Waals surface area contributed by atoms with Gasteiger partial charge in [0, 0.05) is 19.7 Å². The molecule has 0 N–H and O–H groups in total. The highest BCUT2D eigenvalue weighted by molar-refractivity contribution is 7.19. The second-order valence-electron chi connectivity index (χ2n) is 4.39. The number of nitrogens with zero attached hydrogens (tertiary/aromatic N) is 2. The highest BCUT2D eigenvalue weighted by Crippen LogP contribution is 2.36. The monoisotopic (exact) mass is 306 g/mol. The molecule has 0 aliphatic carbocycles. The van der Waals surface area contributed by atoms with Gasteiger partial charge in [0.1, 0.15) is 10.6 Å². The molecule has 0 saturated heterocycles. The number of methoxy groups -OCH3 is 1. The second kappa shape index (κ2) is 6.36. The Morgan fingerprint density at radius 3 is 2.62 bits per heavy atom. The van der Waals surface area contributed by atoms with E-state index in [9.17, 15) is 14.9 Å². The third-order valence-electron chi connectivity index (χ3n) is 2.89. The molecule has 21 heavy (non-hydrogen) atoms. The zero-order valence-corrected chi connectivity index (χ0v) is 12.4. The van der Waals surface area contributed by atoms with E-state index in [2.05, 4.69) is 4.74 Å². The quantitative estimate of drug-likeness (QED) is 0.482. The number of esters is 1. The highest BCUT2D eigenvalue weighted by atomic mass is 32.1. The maximum Gasteiger partial charge on any atom is 0.341 e. The summed E-state index contributed by atoms with van der Waals surface area (Å²) in [5, 5.41) is 11.4. The van der Waals surface area contributed by atoms with Gasteiger partial charge in [-0.1, -0.05) is 30.3 Å². The van der Waals surface area contributed by atoms with Gasteiger partial charge >= 0.3 is 11.0 Å². The van der Waals surface area contributed by atoms with Crippen molar-refractivity contribution < 1.29 is 14.5 Å². The molecule has 0 saturated carbocycles. The zero-order chi connectivity index (χ0) is 15.4. The summed E-state index contributed by atoms with van der Waals surface area (Å²) in [6, 6.07) is 10.9. The van der Waals surface area contributed by atoms with E-state index in [1.165, 1.54) is 13.2 Å². The molecule has 1 aromatic heterocycles. The van der Waals surface area contributed by atoms with E-state index in [0.29, 0.717) is 11.5 Å². The van der Waals surface area contributed by atoms with Gasteiger partial charge in [0.05, 0.1) is 12.0 Å². The lowest BCUT2D eigenvalue weighted by atomic mass is 10.2. The van der Waals surface area contributed by atoms with Crippen LogP contribution in [0.3, 0.4) is 0 Å². The molecule has 0 fully saturated rings. The molecule has 0 spiro atoms. The molecule has 1 heterocycles. The largest absolute Gasteiger partial charge is 0.465 e. The molecular weight excluding hydrogens is 292 g/mol. The van der Waals surface area contributed by atoms with E-state index in [1.807, 2.05) is 30.3 Å². The van der Waals surface area contributed by atoms with E-state index in [4.69, 9.17) is 0 Å². The fourth-order valence-corrected chi connectivity index (χ4v) is 2.85. The van der Waals surface area contributed by atoms with Crippen LogP contribution in [0.15, 0.2) is 36.4 Å². The van der Waals surface area contributed by atoms with Crippen LogP contribution in [-0.2, 0) is 11.3 Å². The summed E-state index contributed by atoms with van der Waals surface area (Å²) in [5.41, 5.74) is 1.26. The normalized spacial score (nSPS) is 10.2. The Morgan fingerprint density at radius 1 is 1.38 bits per heavy atom. The average Bonchev–Trinajstić information content (AvgIpc) is 2.93. The molecule has 6 nitrogen and oxygen atoms in total. The van der Waals surface area contributed by atoms with Gasteiger partial charge in [0.15, 0.2) is 0 Å². The minimum Gasteiger partial charge on any atom is -0.465 e. The van der Waals surface area contributed by atoms with Crippen LogP contribution in [0.4, 0.5) is 10.0 Å². The smallest absolute Gasteiger partial charge is 0.341 e. The summed E-state index contributed by atoms with van der Waals surface area (Å²) in [5.74, 6) is -0.575. The number of hydrogen-bond donors (Lipinski definition) is 0. The number of ether oxygens (including phenoxy) is 1. The molecule has 0 aliphatic heterocycles. The van der Waals surface area contributed by atoms with Crippen LogP contribution in [0.2, 0.25) is 0 Å². The standard InChI is InChI=1S/C14H14N2O4S/c1-15(9-10-6-4-3-5-7-10)13-11(14(17)20-2)8-12(21-13)16(18)19/h3-8H,9H2,1-2H3. The first kappa shape index (κ1) is 15.0. The molecule has 0 unspecified atom stereocenters. The van der Waals surface area contributed by atoms with E-state index in [0.717, 1.165) is 16.9 Å². The first-order valence-corrected chi connectivity index (χ1v) is 6.96. The number of anilines is 1. The molecule has 1 aromatic carbocycles. The first-order valence-electron chi connectivity index (χ1n) is 6.14. The highest BCUT2D eigenvalue weighted by Gasteiger charge is 2.24.